The molecule has 0 aromatic heterocycles. The quantitative estimate of drug-likeness (QED) is 0.649. The van der Waals surface area contributed by atoms with Crippen LogP contribution in [-0.2, 0) is 15.3 Å². The zero-order valence-corrected chi connectivity index (χ0v) is 17.2. The van der Waals surface area contributed by atoms with Gasteiger partial charge in [-0.2, -0.15) is 0 Å². The second-order valence-electron chi connectivity index (χ2n) is 8.50. The van der Waals surface area contributed by atoms with Crippen molar-refractivity contribution in [2.75, 3.05) is 30.8 Å². The van der Waals surface area contributed by atoms with E-state index < -0.39 is 14.6 Å². The summed E-state index contributed by atoms with van der Waals surface area (Å²) in [5.41, 5.74) is 2.86. The highest BCUT2D eigenvalue weighted by molar-refractivity contribution is 7.92. The van der Waals surface area contributed by atoms with Crippen molar-refractivity contribution in [3.8, 4) is 0 Å². The third-order valence-electron chi connectivity index (χ3n) is 5.84. The van der Waals surface area contributed by atoms with E-state index in [1.807, 2.05) is 0 Å². The smallest absolute Gasteiger partial charge is 0.198 e. The summed E-state index contributed by atoms with van der Waals surface area (Å²) in [5.74, 6) is 0.876. The van der Waals surface area contributed by atoms with Gasteiger partial charge in [0.2, 0.25) is 0 Å². The number of hydrogen-bond donors (Lipinski definition) is 1. The predicted octanol–water partition coefficient (Wildman–Crippen LogP) is 3.11. The van der Waals surface area contributed by atoms with Crippen LogP contribution in [0.5, 0.6) is 0 Å². The van der Waals surface area contributed by atoms with Crippen molar-refractivity contribution in [2.24, 2.45) is 4.99 Å². The molecule has 1 heterocycles. The standard InChI is InChI=1S/C20H31N3O2S/c1-19(2,3)26(24,25)14-13-22-18(21-4)23-15-20(11-7-8-12-20)16-9-5-6-10-17(16)23/h5-6,9-10H,7-8,11-15H2,1-4H3,(H,21,22). The van der Waals surface area contributed by atoms with Crippen LogP contribution < -0.4 is 10.2 Å². The number of hydrogen-bond acceptors (Lipinski definition) is 3. The summed E-state index contributed by atoms with van der Waals surface area (Å²) in [6.07, 6.45) is 4.99. The van der Waals surface area contributed by atoms with Crippen LogP contribution in [0.4, 0.5) is 5.69 Å². The number of fused-ring (bicyclic) bond motifs is 2. The maximum Gasteiger partial charge on any atom is 0.198 e. The van der Waals surface area contributed by atoms with Crippen molar-refractivity contribution in [3.05, 3.63) is 29.8 Å². The fourth-order valence-electron chi connectivity index (χ4n) is 4.20. The van der Waals surface area contributed by atoms with Crippen molar-refractivity contribution in [1.29, 1.82) is 0 Å². The highest BCUT2D eigenvalue weighted by atomic mass is 32.2. The highest BCUT2D eigenvalue weighted by Crippen LogP contribution is 2.50. The van der Waals surface area contributed by atoms with E-state index in [9.17, 15) is 8.42 Å². The molecule has 0 amide bonds. The number of aliphatic imine (C=N–C) groups is 1. The monoisotopic (exact) mass is 377 g/mol. The third kappa shape index (κ3) is 3.36. The lowest BCUT2D eigenvalue weighted by Crippen LogP contribution is -2.45. The zero-order chi connectivity index (χ0) is 19.0. The minimum Gasteiger partial charge on any atom is -0.355 e. The van der Waals surface area contributed by atoms with E-state index in [1.54, 1.807) is 27.8 Å². The Hall–Kier alpha value is -1.56. The van der Waals surface area contributed by atoms with Crippen LogP contribution in [0.15, 0.2) is 29.3 Å². The van der Waals surface area contributed by atoms with Crippen LogP contribution >= 0.6 is 0 Å². The molecular weight excluding hydrogens is 346 g/mol. The Morgan fingerprint density at radius 2 is 1.88 bits per heavy atom. The molecule has 0 atom stereocenters. The molecule has 0 unspecified atom stereocenters. The molecule has 0 bridgehead atoms. The van der Waals surface area contributed by atoms with Crippen molar-refractivity contribution in [1.82, 2.24) is 5.32 Å². The molecule has 0 saturated heterocycles. The molecule has 0 radical (unpaired) electrons. The van der Waals surface area contributed by atoms with E-state index in [1.165, 1.54) is 36.9 Å². The third-order valence-corrected chi connectivity index (χ3v) is 8.45. The molecule has 6 heteroatoms. The van der Waals surface area contributed by atoms with Crippen molar-refractivity contribution in [3.63, 3.8) is 0 Å². The van der Waals surface area contributed by atoms with E-state index in [0.29, 0.717) is 6.54 Å². The normalized spacial score (nSPS) is 19.8. The minimum absolute atomic E-state index is 0.107. The Balaban J connectivity index is 1.76. The lowest BCUT2D eigenvalue weighted by atomic mass is 9.81. The SMILES string of the molecule is CN=C(NCCS(=O)(=O)C(C)(C)C)N1CC2(CCCC2)c2ccccc21. The summed E-state index contributed by atoms with van der Waals surface area (Å²) >= 11 is 0. The second-order valence-corrected chi connectivity index (χ2v) is 11.4. The summed E-state index contributed by atoms with van der Waals surface area (Å²) in [5, 5.41) is 3.28. The summed E-state index contributed by atoms with van der Waals surface area (Å²) in [6.45, 7) is 6.54. The summed E-state index contributed by atoms with van der Waals surface area (Å²) in [4.78, 5) is 6.68. The molecule has 1 aliphatic carbocycles. The molecule has 1 spiro atoms. The van der Waals surface area contributed by atoms with Gasteiger partial charge in [0.25, 0.3) is 0 Å². The first kappa shape index (κ1) is 19.2. The molecule has 3 rings (SSSR count). The predicted molar refractivity (Wildman–Crippen MR) is 109 cm³/mol. The summed E-state index contributed by atoms with van der Waals surface area (Å²) in [6, 6.07) is 8.59. The van der Waals surface area contributed by atoms with E-state index in [0.717, 1.165) is 12.5 Å². The lowest BCUT2D eigenvalue weighted by molar-refractivity contribution is 0.478. The maximum absolute atomic E-state index is 12.4. The largest absolute Gasteiger partial charge is 0.355 e. The lowest BCUT2D eigenvalue weighted by Gasteiger charge is -2.27. The molecule has 1 aromatic carbocycles. The van der Waals surface area contributed by atoms with Gasteiger partial charge in [0, 0.05) is 31.2 Å². The average molecular weight is 378 g/mol. The first-order valence-corrected chi connectivity index (χ1v) is 11.2. The van der Waals surface area contributed by atoms with Crippen LogP contribution in [0.1, 0.15) is 52.0 Å². The second kappa shape index (κ2) is 6.87. The van der Waals surface area contributed by atoms with Crippen molar-refractivity contribution < 1.29 is 8.42 Å². The van der Waals surface area contributed by atoms with Gasteiger partial charge in [-0.15, -0.1) is 0 Å². The van der Waals surface area contributed by atoms with Crippen LogP contribution in [-0.4, -0.2) is 45.0 Å². The van der Waals surface area contributed by atoms with Crippen molar-refractivity contribution >= 4 is 21.5 Å². The number of nitrogens with zero attached hydrogens (tertiary/aromatic N) is 2. The molecule has 2 aliphatic rings. The van der Waals surface area contributed by atoms with E-state index in [4.69, 9.17) is 0 Å². The van der Waals surface area contributed by atoms with Gasteiger partial charge in [-0.1, -0.05) is 31.0 Å². The van der Waals surface area contributed by atoms with Gasteiger partial charge < -0.3 is 10.2 Å². The highest BCUT2D eigenvalue weighted by Gasteiger charge is 2.45. The molecule has 5 nitrogen and oxygen atoms in total. The Labute approximate surface area is 157 Å². The first-order chi connectivity index (χ1) is 12.2. The molecule has 26 heavy (non-hydrogen) atoms. The van der Waals surface area contributed by atoms with Gasteiger partial charge >= 0.3 is 0 Å². The van der Waals surface area contributed by atoms with Gasteiger partial charge in [-0.25, -0.2) is 8.42 Å². The summed E-state index contributed by atoms with van der Waals surface area (Å²) < 4.78 is 24.0. The molecule has 1 N–H and O–H groups in total. The van der Waals surface area contributed by atoms with E-state index >= 15 is 0 Å². The molecule has 144 valence electrons. The topological polar surface area (TPSA) is 61.8 Å². The Morgan fingerprint density at radius 1 is 1.23 bits per heavy atom. The van der Waals surface area contributed by atoms with Crippen LogP contribution in [0, 0.1) is 0 Å². The number of guanidine groups is 1. The van der Waals surface area contributed by atoms with Gasteiger partial charge in [0.1, 0.15) is 0 Å². The number of benzene rings is 1. The van der Waals surface area contributed by atoms with Gasteiger partial charge in [0.15, 0.2) is 15.8 Å². The Bertz CT molecular complexity index is 788. The Kier molecular flexibility index (Phi) is 5.08. The van der Waals surface area contributed by atoms with Gasteiger partial charge in [-0.05, 0) is 45.2 Å². The molecular formula is C20H31N3O2S. The number of sulfone groups is 1. The number of anilines is 1. The number of nitrogens with one attached hydrogen (secondary N) is 1. The molecule has 1 aliphatic heterocycles. The fourth-order valence-corrected chi connectivity index (χ4v) is 5.18. The van der Waals surface area contributed by atoms with Gasteiger partial charge in [-0.3, -0.25) is 4.99 Å². The minimum atomic E-state index is -3.14. The molecule has 1 aromatic rings. The average Bonchev–Trinajstić information content (AvgIpc) is 3.18. The zero-order valence-electron chi connectivity index (χ0n) is 16.4. The first-order valence-electron chi connectivity index (χ1n) is 9.50. The fraction of sp³-hybridized carbons (Fsp3) is 0.650. The van der Waals surface area contributed by atoms with Crippen molar-refractivity contribution in [2.45, 2.75) is 56.6 Å². The number of para-hydroxylation sites is 1. The van der Waals surface area contributed by atoms with E-state index in [-0.39, 0.29) is 11.2 Å². The summed E-state index contributed by atoms with van der Waals surface area (Å²) in [7, 11) is -1.38. The maximum atomic E-state index is 12.4. The van der Waals surface area contributed by atoms with E-state index in [2.05, 4.69) is 39.5 Å². The molecule has 1 saturated carbocycles. The Morgan fingerprint density at radius 3 is 2.50 bits per heavy atom. The number of rotatable bonds is 3. The van der Waals surface area contributed by atoms with Crippen LogP contribution in [0.2, 0.25) is 0 Å². The molecule has 1 fully saturated rings. The van der Waals surface area contributed by atoms with Crippen LogP contribution in [0.25, 0.3) is 0 Å². The van der Waals surface area contributed by atoms with Crippen LogP contribution in [0.3, 0.4) is 0 Å². The van der Waals surface area contributed by atoms with Gasteiger partial charge in [0.05, 0.1) is 10.5 Å².